The van der Waals surface area contributed by atoms with Crippen molar-refractivity contribution in [2.45, 2.75) is 166 Å². The van der Waals surface area contributed by atoms with Crippen molar-refractivity contribution in [2.24, 2.45) is 0 Å². The molecular formula is C69H83FN12O10. The van der Waals surface area contributed by atoms with Crippen molar-refractivity contribution in [3.63, 3.8) is 0 Å². The first-order valence-corrected chi connectivity index (χ1v) is 32.0. The van der Waals surface area contributed by atoms with Crippen molar-refractivity contribution in [1.82, 2.24) is 61.3 Å². The Kier molecular flexibility index (Phi) is 21.6. The molecule has 0 spiro atoms. The molecule has 6 aromatic rings. The highest BCUT2D eigenvalue weighted by Crippen LogP contribution is 2.32. The van der Waals surface area contributed by atoms with Crippen LogP contribution in [-0.4, -0.2) is 152 Å². The number of ether oxygens (including phenoxy) is 2. The van der Waals surface area contributed by atoms with Crippen LogP contribution in [0.25, 0.3) is 10.9 Å². The van der Waals surface area contributed by atoms with Gasteiger partial charge in [-0.3, -0.25) is 38.4 Å². The molecule has 2 unspecified atom stereocenters. The number of halogens is 1. The molecule has 4 aliphatic rings. The van der Waals surface area contributed by atoms with E-state index in [9.17, 15) is 33.6 Å². The van der Waals surface area contributed by atoms with Gasteiger partial charge >= 0.3 is 0 Å². The Balaban J connectivity index is 0.907. The van der Waals surface area contributed by atoms with Crippen LogP contribution >= 0.6 is 0 Å². The summed E-state index contributed by atoms with van der Waals surface area (Å²) in [6.45, 7) is 7.17. The van der Waals surface area contributed by atoms with Gasteiger partial charge in [-0.1, -0.05) is 78.4 Å². The second-order valence-electron chi connectivity index (χ2n) is 24.8. The zero-order valence-electron chi connectivity index (χ0n) is 52.7. The highest BCUT2D eigenvalue weighted by molar-refractivity contribution is 5.96. The van der Waals surface area contributed by atoms with Crippen molar-refractivity contribution in [3.05, 3.63) is 160 Å². The Morgan fingerprint density at radius 3 is 2.40 bits per heavy atom. The fourth-order valence-corrected chi connectivity index (χ4v) is 13.0. The molecule has 4 aliphatic heterocycles. The number of likely N-dealkylation sites (tertiary alicyclic amines) is 1. The molecule has 6 N–H and O–H groups in total. The van der Waals surface area contributed by atoms with Gasteiger partial charge in [0.05, 0.1) is 45.1 Å². The molecule has 22 nitrogen and oxygen atoms in total. The lowest BCUT2D eigenvalue weighted by molar-refractivity contribution is -0.145. The molecule has 2 fully saturated rings. The van der Waals surface area contributed by atoms with Crippen molar-refractivity contribution in [1.29, 1.82) is 0 Å². The van der Waals surface area contributed by atoms with Gasteiger partial charge in [-0.15, -0.1) is 5.10 Å². The fourth-order valence-electron chi connectivity index (χ4n) is 13.0. The monoisotopic (exact) mass is 1260 g/mol. The molecule has 10 rings (SSSR count). The minimum Gasteiger partial charge on any atom is -0.497 e. The number of hydrogen-bond acceptors (Lipinski definition) is 12. The maximum Gasteiger partial charge on any atom is 0.246 e. The minimum absolute atomic E-state index is 0.0479. The molecule has 0 aliphatic carbocycles. The number of hydrogen-bond donors (Lipinski definition) is 6. The Morgan fingerprint density at radius 1 is 0.815 bits per heavy atom. The summed E-state index contributed by atoms with van der Waals surface area (Å²) in [5.74, 6) is -2.62. The van der Waals surface area contributed by atoms with Crippen LogP contribution in [0, 0.1) is 5.82 Å². The van der Waals surface area contributed by atoms with Gasteiger partial charge in [-0.05, 0) is 135 Å². The van der Waals surface area contributed by atoms with Crippen LogP contribution in [-0.2, 0) is 94.8 Å². The molecular weight excluding hydrogens is 1180 g/mol. The van der Waals surface area contributed by atoms with E-state index >= 15 is 9.18 Å². The number of carbonyl (C=O) groups is 8. The van der Waals surface area contributed by atoms with E-state index in [2.05, 4.69) is 42.2 Å². The Hall–Kier alpha value is -9.25. The fraction of sp³-hybridized carbons (Fsp3) is 0.449. The standard InChI is InChI=1S/C69H83FN12O10/c1-44-64(86)75-57-35-49-14-10-13-46(32-49)12-8-9-31-92-61-26-30-81(45(61)2)66(88)59(76-65(57)87)36-52-39-79(60-24-21-53(70)37-56(52)60)41-54-42-80(78-77-54)40-51-33-48(17-20-50(51)38-72-62(84)15-6-5-7-16-63(85)74-44)25-28-71-68(90)69(3)27-11-29-82(69)67(89)58(73-43-83)34-47-18-22-55(91-4)23-19-47/h8-10,13-14,17-24,32-33,37,39,42-45,57-59,61H,5-7,11-12,15-16,25-31,34-36,38,40-41H2,1-4H3,(H,71,90)(H,72,84)(H,73,83)(H,74,85)(H,75,86)(H,76,87)/b9-8+/t44-,45?,57+,58+,59+,61?,69+/m1/s1. The first-order valence-electron chi connectivity index (χ1n) is 32.0. The van der Waals surface area contributed by atoms with Gasteiger partial charge in [0.1, 0.15) is 47.0 Å². The maximum absolute atomic E-state index is 15.5. The first kappa shape index (κ1) is 65.7. The summed E-state index contributed by atoms with van der Waals surface area (Å²) in [4.78, 5) is 114. The lowest BCUT2D eigenvalue weighted by Gasteiger charge is -2.36. The first-order chi connectivity index (χ1) is 44.4. The van der Waals surface area contributed by atoms with Crippen LogP contribution in [0.15, 0.2) is 109 Å². The third-order valence-electron chi connectivity index (χ3n) is 18.3. The summed E-state index contributed by atoms with van der Waals surface area (Å²) in [5.41, 5.74) is 5.71. The Labute approximate surface area is 534 Å². The molecule has 6 heterocycles. The number of aromatic nitrogens is 4. The molecule has 2 saturated heterocycles. The highest BCUT2D eigenvalue weighted by Gasteiger charge is 2.47. The molecule has 486 valence electrons. The number of nitrogens with one attached hydrogen (secondary N) is 6. The van der Waals surface area contributed by atoms with E-state index in [0.29, 0.717) is 105 Å². The lowest BCUT2D eigenvalue weighted by Crippen LogP contribution is -2.59. The third-order valence-corrected chi connectivity index (χ3v) is 18.3. The van der Waals surface area contributed by atoms with Gasteiger partial charge in [0.2, 0.25) is 47.8 Å². The summed E-state index contributed by atoms with van der Waals surface area (Å²) >= 11 is 0. The predicted octanol–water partition coefficient (Wildman–Crippen LogP) is 4.83. The molecule has 4 aromatic carbocycles. The van der Waals surface area contributed by atoms with E-state index in [4.69, 9.17) is 9.47 Å². The number of carbonyl (C=O) groups excluding carboxylic acids is 8. The second-order valence-corrected chi connectivity index (χ2v) is 24.8. The molecule has 23 heteroatoms. The van der Waals surface area contributed by atoms with Gasteiger partial charge in [0.25, 0.3) is 0 Å². The van der Waals surface area contributed by atoms with E-state index in [-0.39, 0.29) is 100.0 Å². The number of amides is 8. The molecule has 7 atom stereocenters. The molecule has 10 bridgehead atoms. The van der Waals surface area contributed by atoms with Gasteiger partial charge in [0.15, 0.2) is 0 Å². The lowest BCUT2D eigenvalue weighted by atomic mass is 9.95. The number of benzene rings is 4. The number of fused-ring (bicyclic) bond motifs is 15. The summed E-state index contributed by atoms with van der Waals surface area (Å²) < 4.78 is 30.6. The van der Waals surface area contributed by atoms with E-state index in [1.807, 2.05) is 90.6 Å². The van der Waals surface area contributed by atoms with E-state index in [1.165, 1.54) is 12.1 Å². The molecule has 92 heavy (non-hydrogen) atoms. The van der Waals surface area contributed by atoms with Crippen LogP contribution in [0.3, 0.4) is 0 Å². The number of rotatable bonds is 10. The summed E-state index contributed by atoms with van der Waals surface area (Å²) in [6.07, 6.45) is 12.6. The van der Waals surface area contributed by atoms with Crippen LogP contribution in [0.1, 0.15) is 117 Å². The quantitative estimate of drug-likeness (QED) is 0.0796. The van der Waals surface area contributed by atoms with E-state index < -0.39 is 47.3 Å². The van der Waals surface area contributed by atoms with E-state index in [1.54, 1.807) is 53.6 Å². The molecule has 0 saturated carbocycles. The van der Waals surface area contributed by atoms with Gasteiger partial charge in [0, 0.05) is 75.4 Å². The smallest absolute Gasteiger partial charge is 0.246 e. The van der Waals surface area contributed by atoms with Crippen molar-refractivity contribution in [3.8, 4) is 5.75 Å². The summed E-state index contributed by atoms with van der Waals surface area (Å²) in [5, 5.41) is 27.2. The van der Waals surface area contributed by atoms with Crippen LogP contribution < -0.4 is 36.6 Å². The largest absolute Gasteiger partial charge is 0.497 e. The van der Waals surface area contributed by atoms with Crippen molar-refractivity contribution >= 4 is 58.7 Å². The van der Waals surface area contributed by atoms with Crippen molar-refractivity contribution in [2.75, 3.05) is 33.4 Å². The molecule has 2 aromatic heterocycles. The number of allylic oxidation sites excluding steroid dienone is 1. The minimum atomic E-state index is -1.18. The second kappa shape index (κ2) is 30.2. The molecule has 0 radical (unpaired) electrons. The van der Waals surface area contributed by atoms with Gasteiger partial charge in [-0.2, -0.15) is 0 Å². The third kappa shape index (κ3) is 16.3. The number of nitrogens with zero attached hydrogens (tertiary/aromatic N) is 6. The van der Waals surface area contributed by atoms with Crippen LogP contribution in [0.4, 0.5) is 4.39 Å². The maximum atomic E-state index is 15.5. The Bertz CT molecular complexity index is 3700. The summed E-state index contributed by atoms with van der Waals surface area (Å²) in [7, 11) is 1.57. The van der Waals surface area contributed by atoms with E-state index in [0.717, 1.165) is 33.4 Å². The zero-order valence-corrected chi connectivity index (χ0v) is 52.7. The Morgan fingerprint density at radius 2 is 1.60 bits per heavy atom. The van der Waals surface area contributed by atoms with Gasteiger partial charge < -0.3 is 55.7 Å². The molecule has 8 amide bonds. The van der Waals surface area contributed by atoms with Crippen molar-refractivity contribution < 1.29 is 52.2 Å². The number of methoxy groups -OCH3 is 1. The SMILES string of the molecule is COc1ccc(C[C@H](NC=O)C(=O)N2CCC[C@@]2(C)C(=O)NCCc2ccc3c(c2)Cn2cc(nn2)Cn2cc(c4cc(F)ccc42)C[C@@H]2NC(=O)[C@H](Cc4cccc(c4)C/C=C/COC4CCN(C2=O)C4C)NC(=O)[C@@H](C)NC(=O)CCCCCC(=O)NC3)cc1. The zero-order chi connectivity index (χ0) is 64.9. The summed E-state index contributed by atoms with van der Waals surface area (Å²) in [6, 6.07) is 20.6. The topological polar surface area (TPSA) is 269 Å². The average molecular weight is 1260 g/mol. The highest BCUT2D eigenvalue weighted by atomic mass is 19.1. The van der Waals surface area contributed by atoms with Crippen LogP contribution in [0.5, 0.6) is 5.75 Å². The average Bonchev–Trinajstić information content (AvgIpc) is 1.63. The van der Waals surface area contributed by atoms with Gasteiger partial charge in [-0.25, -0.2) is 9.07 Å². The predicted molar refractivity (Wildman–Crippen MR) is 341 cm³/mol. The van der Waals surface area contributed by atoms with Crippen LogP contribution in [0.2, 0.25) is 0 Å². The normalized spacial score (nSPS) is 23.1.